The number of rotatable bonds is 4. The molecule has 0 aliphatic heterocycles. The third-order valence-corrected chi connectivity index (χ3v) is 5.96. The van der Waals surface area contributed by atoms with E-state index in [1.165, 1.54) is 24.8 Å². The molecule has 2 atom stereocenters. The van der Waals surface area contributed by atoms with Crippen LogP contribution in [-0.4, -0.2) is 12.4 Å². The summed E-state index contributed by atoms with van der Waals surface area (Å²) in [5.74, 6) is -2.20. The summed E-state index contributed by atoms with van der Waals surface area (Å²) in [5, 5.41) is 0. The van der Waals surface area contributed by atoms with Crippen LogP contribution in [0.4, 0.5) is 26.3 Å². The lowest BCUT2D eigenvalue weighted by Crippen LogP contribution is -2.34. The zero-order valence-electron chi connectivity index (χ0n) is 13.4. The second-order valence-corrected chi connectivity index (χ2v) is 7.52. The van der Waals surface area contributed by atoms with E-state index in [-0.39, 0.29) is 5.41 Å². The van der Waals surface area contributed by atoms with Crippen molar-refractivity contribution in [1.82, 2.24) is 0 Å². The van der Waals surface area contributed by atoms with E-state index >= 15 is 0 Å². The van der Waals surface area contributed by atoms with Crippen molar-refractivity contribution in [3.8, 4) is 0 Å². The quantitative estimate of drug-likeness (QED) is 0.395. The van der Waals surface area contributed by atoms with Crippen LogP contribution in [0.1, 0.15) is 51.4 Å². The molecule has 0 aromatic heterocycles. The second-order valence-electron chi connectivity index (χ2n) is 7.52. The summed E-state index contributed by atoms with van der Waals surface area (Å²) in [7, 11) is 0. The Morgan fingerprint density at radius 2 is 1.67 bits per heavy atom. The molecule has 0 saturated heterocycles. The van der Waals surface area contributed by atoms with Crippen LogP contribution in [0.5, 0.6) is 0 Å². The van der Waals surface area contributed by atoms with Gasteiger partial charge in [0.2, 0.25) is 0 Å². The summed E-state index contributed by atoms with van der Waals surface area (Å²) >= 11 is 0. The third-order valence-electron chi connectivity index (χ3n) is 5.96. The maximum atomic E-state index is 12.6. The van der Waals surface area contributed by atoms with Crippen molar-refractivity contribution in [2.75, 3.05) is 0 Å². The van der Waals surface area contributed by atoms with Crippen LogP contribution in [0.25, 0.3) is 0 Å². The number of alkyl halides is 6. The molecule has 2 fully saturated rings. The van der Waals surface area contributed by atoms with E-state index in [4.69, 9.17) is 0 Å². The number of allylic oxidation sites excluding steroid dienone is 4. The van der Waals surface area contributed by atoms with Crippen LogP contribution in [0, 0.1) is 23.2 Å². The summed E-state index contributed by atoms with van der Waals surface area (Å²) in [5.41, 5.74) is 1.17. The zero-order valence-corrected chi connectivity index (χ0v) is 13.4. The van der Waals surface area contributed by atoms with E-state index in [2.05, 4.69) is 6.08 Å². The average Bonchev–Trinajstić information content (AvgIpc) is 3.11. The molecule has 0 radical (unpaired) electrons. The average molecular weight is 352 g/mol. The number of fused-ring (bicyclic) bond motifs is 1. The molecule has 0 N–H and O–H groups in total. The summed E-state index contributed by atoms with van der Waals surface area (Å²) in [6, 6.07) is 0. The Bertz CT molecular complexity index is 507. The molecule has 24 heavy (non-hydrogen) atoms. The fourth-order valence-corrected chi connectivity index (χ4v) is 4.53. The molecule has 0 aromatic carbocycles. The molecule has 0 heterocycles. The van der Waals surface area contributed by atoms with Crippen molar-refractivity contribution in [3.05, 3.63) is 23.8 Å². The number of hydrogen-bond acceptors (Lipinski definition) is 0. The van der Waals surface area contributed by atoms with Crippen molar-refractivity contribution in [2.24, 2.45) is 23.2 Å². The van der Waals surface area contributed by atoms with Crippen LogP contribution in [0.15, 0.2) is 23.8 Å². The maximum absolute atomic E-state index is 12.6. The Kier molecular flexibility index (Phi) is 4.54. The van der Waals surface area contributed by atoms with Gasteiger partial charge in [0.25, 0.3) is 0 Å². The van der Waals surface area contributed by atoms with Gasteiger partial charge < -0.3 is 0 Å². The highest BCUT2D eigenvalue weighted by Crippen LogP contribution is 2.62. The molecule has 0 spiro atoms. The molecule has 2 unspecified atom stereocenters. The van der Waals surface area contributed by atoms with Crippen LogP contribution in [-0.2, 0) is 0 Å². The molecule has 136 valence electrons. The van der Waals surface area contributed by atoms with Gasteiger partial charge in [-0.05, 0) is 55.8 Å². The first kappa shape index (κ1) is 17.9. The fraction of sp³-hybridized carbons (Fsp3) is 0.778. The van der Waals surface area contributed by atoms with Gasteiger partial charge in [-0.25, -0.2) is 0 Å². The Labute approximate surface area is 138 Å². The summed E-state index contributed by atoms with van der Waals surface area (Å²) in [6.45, 7) is 0. The van der Waals surface area contributed by atoms with Gasteiger partial charge in [0, 0.05) is 0 Å². The Morgan fingerprint density at radius 3 is 2.25 bits per heavy atom. The minimum absolute atomic E-state index is 0.158. The molecule has 6 heteroatoms. The first-order valence-electron chi connectivity index (χ1n) is 8.64. The summed E-state index contributed by atoms with van der Waals surface area (Å²) in [4.78, 5) is 0. The van der Waals surface area contributed by atoms with Gasteiger partial charge in [-0.3, -0.25) is 0 Å². The van der Waals surface area contributed by atoms with Crippen LogP contribution in [0.2, 0.25) is 0 Å². The van der Waals surface area contributed by atoms with Crippen molar-refractivity contribution in [1.29, 1.82) is 0 Å². The van der Waals surface area contributed by atoms with Gasteiger partial charge in [0.15, 0.2) is 5.92 Å². The van der Waals surface area contributed by atoms with E-state index in [0.717, 1.165) is 31.8 Å². The Morgan fingerprint density at radius 1 is 1.04 bits per heavy atom. The molecular formula is C18H22F6. The summed E-state index contributed by atoms with van der Waals surface area (Å²) in [6.07, 6.45) is 0.905. The van der Waals surface area contributed by atoms with Gasteiger partial charge >= 0.3 is 12.4 Å². The van der Waals surface area contributed by atoms with Crippen molar-refractivity contribution in [3.63, 3.8) is 0 Å². The first-order chi connectivity index (χ1) is 11.1. The molecule has 3 aliphatic carbocycles. The highest BCUT2D eigenvalue weighted by atomic mass is 19.4. The highest BCUT2D eigenvalue weighted by molar-refractivity contribution is 5.30. The highest BCUT2D eigenvalue weighted by Gasteiger charge is 2.55. The van der Waals surface area contributed by atoms with E-state index in [1.807, 2.05) is 0 Å². The predicted molar refractivity (Wildman–Crippen MR) is 79.2 cm³/mol. The Hall–Kier alpha value is -0.940. The topological polar surface area (TPSA) is 0 Å². The predicted octanol–water partition coefficient (Wildman–Crippen LogP) is 6.59. The number of halogens is 6. The molecule has 0 bridgehead atoms. The lowest BCUT2D eigenvalue weighted by molar-refractivity contribution is -0.267. The lowest BCUT2D eigenvalue weighted by Gasteiger charge is -2.31. The minimum Gasteiger partial charge on any atom is -0.170 e. The lowest BCUT2D eigenvalue weighted by atomic mass is 9.74. The molecule has 2 saturated carbocycles. The largest absolute Gasteiger partial charge is 0.403 e. The van der Waals surface area contributed by atoms with Crippen molar-refractivity contribution < 1.29 is 26.3 Å². The molecule has 0 aromatic rings. The normalized spacial score (nSPS) is 29.9. The van der Waals surface area contributed by atoms with Gasteiger partial charge in [0.05, 0.1) is 0 Å². The minimum atomic E-state index is -5.29. The van der Waals surface area contributed by atoms with E-state index in [9.17, 15) is 26.3 Å². The van der Waals surface area contributed by atoms with Crippen LogP contribution in [0.3, 0.4) is 0 Å². The molecular weight excluding hydrogens is 330 g/mol. The van der Waals surface area contributed by atoms with Crippen molar-refractivity contribution >= 4 is 0 Å². The molecule has 3 aliphatic rings. The number of hydrogen-bond donors (Lipinski definition) is 0. The SMILES string of the molecule is FC(F)(F)C(/C=C\CC1(C2=CCC3CCCCC23)CC1)C(F)(F)F. The third kappa shape index (κ3) is 3.52. The maximum Gasteiger partial charge on any atom is 0.403 e. The Balaban J connectivity index is 1.67. The van der Waals surface area contributed by atoms with E-state index < -0.39 is 18.3 Å². The van der Waals surface area contributed by atoms with E-state index in [1.54, 1.807) is 0 Å². The van der Waals surface area contributed by atoms with Gasteiger partial charge in [0.1, 0.15) is 0 Å². The second kappa shape index (κ2) is 6.10. The smallest absolute Gasteiger partial charge is 0.170 e. The standard InChI is InChI=1S/C18H22F6/c19-17(20,21)15(18(22,23)24)6-3-9-16(10-11-16)14-8-7-12-4-1-2-5-13(12)14/h3,6,8,12-13,15H,1-2,4-5,7,9-11H2/b6-3-. The van der Waals surface area contributed by atoms with Crippen LogP contribution < -0.4 is 0 Å². The van der Waals surface area contributed by atoms with Crippen LogP contribution >= 0.6 is 0 Å². The summed E-state index contributed by atoms with van der Waals surface area (Å²) < 4.78 is 75.5. The van der Waals surface area contributed by atoms with Crippen molar-refractivity contribution in [2.45, 2.75) is 63.7 Å². The van der Waals surface area contributed by atoms with Gasteiger partial charge in [-0.15, -0.1) is 0 Å². The molecule has 0 amide bonds. The molecule has 3 rings (SSSR count). The fourth-order valence-electron chi connectivity index (χ4n) is 4.53. The van der Waals surface area contributed by atoms with Gasteiger partial charge in [-0.1, -0.05) is 36.6 Å². The van der Waals surface area contributed by atoms with E-state index in [0.29, 0.717) is 24.3 Å². The first-order valence-corrected chi connectivity index (χ1v) is 8.64. The van der Waals surface area contributed by atoms with Gasteiger partial charge in [-0.2, -0.15) is 26.3 Å². The monoisotopic (exact) mass is 352 g/mol. The molecule has 0 nitrogen and oxygen atoms in total. The zero-order chi connectivity index (χ0) is 17.6.